The minimum atomic E-state index is -0.391. The van der Waals surface area contributed by atoms with E-state index in [1.54, 1.807) is 30.5 Å². The first-order chi connectivity index (χ1) is 13.0. The molecule has 27 heavy (non-hydrogen) atoms. The summed E-state index contributed by atoms with van der Waals surface area (Å²) in [6.45, 7) is 0. The van der Waals surface area contributed by atoms with E-state index in [4.69, 9.17) is 11.6 Å². The average molecular weight is 463 g/mol. The van der Waals surface area contributed by atoms with Crippen LogP contribution >= 0.6 is 39.3 Å². The van der Waals surface area contributed by atoms with Crippen molar-refractivity contribution in [2.75, 3.05) is 5.43 Å². The summed E-state index contributed by atoms with van der Waals surface area (Å²) >= 11 is 10.6. The molecule has 3 aromatic carbocycles. The van der Waals surface area contributed by atoms with Crippen molar-refractivity contribution in [3.8, 4) is 0 Å². The van der Waals surface area contributed by atoms with E-state index in [0.717, 1.165) is 15.1 Å². The first kappa shape index (κ1) is 19.4. The van der Waals surface area contributed by atoms with Gasteiger partial charge in [0.2, 0.25) is 0 Å². The fourth-order valence-corrected chi connectivity index (χ4v) is 3.47. The summed E-state index contributed by atoms with van der Waals surface area (Å²) in [6, 6.07) is 19.7. The molecule has 0 radical (unpaired) electrons. The average Bonchev–Trinajstić information content (AvgIpc) is 2.66. The minimum absolute atomic E-state index is 0.0301. The molecule has 0 amide bonds. The molecule has 3 aromatic rings. The van der Waals surface area contributed by atoms with Crippen molar-refractivity contribution in [1.82, 2.24) is 0 Å². The number of halogens is 2. The molecule has 0 bridgehead atoms. The predicted octanol–water partition coefficient (Wildman–Crippen LogP) is 6.61. The molecular formula is C19H13BrClN3O2S. The van der Waals surface area contributed by atoms with Gasteiger partial charge in [-0.2, -0.15) is 5.10 Å². The summed E-state index contributed by atoms with van der Waals surface area (Å²) in [6.07, 6.45) is 1.55. The number of hydrogen-bond donors (Lipinski definition) is 1. The largest absolute Gasteiger partial charge is 0.283 e. The standard InChI is InChI=1S/C19H13BrClN3O2S/c20-14-2-6-16(7-3-14)23-22-12-13-1-10-19(18(11-13)24(25)26)27-17-8-4-15(21)5-9-17/h1-12,23H. The highest BCUT2D eigenvalue weighted by molar-refractivity contribution is 9.10. The number of nitro groups is 1. The first-order valence-electron chi connectivity index (χ1n) is 7.78. The number of rotatable bonds is 6. The second kappa shape index (κ2) is 9.03. The Morgan fingerprint density at radius 2 is 1.78 bits per heavy atom. The summed E-state index contributed by atoms with van der Waals surface area (Å²) in [4.78, 5) is 12.5. The quantitative estimate of drug-likeness (QED) is 0.254. The fourth-order valence-electron chi connectivity index (χ4n) is 2.18. The molecule has 0 aliphatic rings. The highest BCUT2D eigenvalue weighted by Crippen LogP contribution is 2.35. The van der Waals surface area contributed by atoms with Crippen LogP contribution in [0.5, 0.6) is 0 Å². The Kier molecular flexibility index (Phi) is 6.49. The van der Waals surface area contributed by atoms with Crippen molar-refractivity contribution in [1.29, 1.82) is 0 Å². The van der Waals surface area contributed by atoms with Crippen LogP contribution in [0.2, 0.25) is 5.02 Å². The van der Waals surface area contributed by atoms with Crippen LogP contribution in [0.1, 0.15) is 5.56 Å². The van der Waals surface area contributed by atoms with Gasteiger partial charge in [-0.3, -0.25) is 15.5 Å². The van der Waals surface area contributed by atoms with E-state index in [1.165, 1.54) is 17.8 Å². The normalized spacial score (nSPS) is 10.9. The van der Waals surface area contributed by atoms with Gasteiger partial charge in [0.15, 0.2) is 0 Å². The number of nitrogens with zero attached hydrogens (tertiary/aromatic N) is 2. The maximum atomic E-state index is 11.5. The molecule has 1 N–H and O–H groups in total. The Morgan fingerprint density at radius 3 is 2.44 bits per heavy atom. The lowest BCUT2D eigenvalue weighted by atomic mass is 10.2. The minimum Gasteiger partial charge on any atom is -0.279 e. The summed E-state index contributed by atoms with van der Waals surface area (Å²) in [7, 11) is 0. The number of benzene rings is 3. The van der Waals surface area contributed by atoms with E-state index in [0.29, 0.717) is 15.5 Å². The van der Waals surface area contributed by atoms with Crippen LogP contribution in [0, 0.1) is 10.1 Å². The van der Waals surface area contributed by atoms with Gasteiger partial charge in [0.05, 0.1) is 21.7 Å². The third-order valence-corrected chi connectivity index (χ3v) is 5.33. The van der Waals surface area contributed by atoms with Gasteiger partial charge in [0.25, 0.3) is 5.69 Å². The Bertz CT molecular complexity index is 979. The van der Waals surface area contributed by atoms with Gasteiger partial charge < -0.3 is 0 Å². The van der Waals surface area contributed by atoms with Crippen LogP contribution in [0.15, 0.2) is 86.1 Å². The molecule has 0 unspecified atom stereocenters. The second-order valence-electron chi connectivity index (χ2n) is 5.42. The fraction of sp³-hybridized carbons (Fsp3) is 0. The topological polar surface area (TPSA) is 67.5 Å². The highest BCUT2D eigenvalue weighted by Gasteiger charge is 2.15. The van der Waals surface area contributed by atoms with E-state index in [1.807, 2.05) is 36.4 Å². The molecule has 0 spiro atoms. The molecule has 8 heteroatoms. The predicted molar refractivity (Wildman–Crippen MR) is 114 cm³/mol. The summed E-state index contributed by atoms with van der Waals surface area (Å²) in [5.41, 5.74) is 4.37. The van der Waals surface area contributed by atoms with E-state index >= 15 is 0 Å². The van der Waals surface area contributed by atoms with E-state index < -0.39 is 4.92 Å². The van der Waals surface area contributed by atoms with Crippen molar-refractivity contribution in [3.63, 3.8) is 0 Å². The van der Waals surface area contributed by atoms with Gasteiger partial charge in [0.1, 0.15) is 0 Å². The van der Waals surface area contributed by atoms with Crippen molar-refractivity contribution < 1.29 is 4.92 Å². The maximum Gasteiger partial charge on any atom is 0.283 e. The van der Waals surface area contributed by atoms with Crippen molar-refractivity contribution >= 4 is 56.9 Å². The SMILES string of the molecule is O=[N+]([O-])c1cc(C=NNc2ccc(Br)cc2)ccc1Sc1ccc(Cl)cc1. The van der Waals surface area contributed by atoms with Gasteiger partial charge in [0, 0.05) is 26.0 Å². The third kappa shape index (κ3) is 5.56. The molecule has 0 aromatic heterocycles. The molecule has 0 saturated carbocycles. The van der Waals surface area contributed by atoms with E-state index in [2.05, 4.69) is 26.5 Å². The highest BCUT2D eigenvalue weighted by atomic mass is 79.9. The summed E-state index contributed by atoms with van der Waals surface area (Å²) < 4.78 is 0.974. The number of hydrogen-bond acceptors (Lipinski definition) is 5. The summed E-state index contributed by atoms with van der Waals surface area (Å²) in [5.74, 6) is 0. The molecule has 0 heterocycles. The number of anilines is 1. The van der Waals surface area contributed by atoms with Crippen molar-refractivity contribution in [2.24, 2.45) is 5.10 Å². The van der Waals surface area contributed by atoms with Gasteiger partial charge in [-0.1, -0.05) is 45.4 Å². The molecule has 5 nitrogen and oxygen atoms in total. The van der Waals surface area contributed by atoms with Crippen LogP contribution in [0.25, 0.3) is 0 Å². The van der Waals surface area contributed by atoms with Crippen LogP contribution in [0.4, 0.5) is 11.4 Å². The molecule has 3 rings (SSSR count). The number of nitrogens with one attached hydrogen (secondary N) is 1. The Morgan fingerprint density at radius 1 is 1.07 bits per heavy atom. The molecular weight excluding hydrogens is 450 g/mol. The zero-order valence-electron chi connectivity index (χ0n) is 13.8. The van der Waals surface area contributed by atoms with Gasteiger partial charge in [-0.25, -0.2) is 0 Å². The molecule has 0 aliphatic heterocycles. The third-order valence-electron chi connectivity index (χ3n) is 3.47. The van der Waals surface area contributed by atoms with Crippen LogP contribution in [0.3, 0.4) is 0 Å². The van der Waals surface area contributed by atoms with Gasteiger partial charge in [-0.05, 0) is 54.6 Å². The maximum absolute atomic E-state index is 11.5. The molecule has 0 fully saturated rings. The van der Waals surface area contributed by atoms with E-state index in [9.17, 15) is 10.1 Å². The van der Waals surface area contributed by atoms with Crippen LogP contribution in [-0.4, -0.2) is 11.1 Å². The number of nitro benzene ring substituents is 1. The zero-order valence-corrected chi connectivity index (χ0v) is 17.0. The lowest BCUT2D eigenvalue weighted by molar-refractivity contribution is -0.387. The lowest BCUT2D eigenvalue weighted by Gasteiger charge is -2.05. The smallest absolute Gasteiger partial charge is 0.279 e. The molecule has 0 atom stereocenters. The monoisotopic (exact) mass is 461 g/mol. The van der Waals surface area contributed by atoms with Crippen molar-refractivity contribution in [2.45, 2.75) is 9.79 Å². The van der Waals surface area contributed by atoms with E-state index in [-0.39, 0.29) is 5.69 Å². The molecule has 136 valence electrons. The Balaban J connectivity index is 1.76. The number of hydrazone groups is 1. The lowest BCUT2D eigenvalue weighted by Crippen LogP contribution is -1.95. The Labute approximate surface area is 173 Å². The first-order valence-corrected chi connectivity index (χ1v) is 9.76. The Hall–Kier alpha value is -2.35. The van der Waals surface area contributed by atoms with Crippen LogP contribution < -0.4 is 5.43 Å². The summed E-state index contributed by atoms with van der Waals surface area (Å²) in [5, 5.41) is 16.2. The molecule has 0 saturated heterocycles. The molecule has 0 aliphatic carbocycles. The zero-order chi connectivity index (χ0) is 19.2. The van der Waals surface area contributed by atoms with Crippen LogP contribution in [-0.2, 0) is 0 Å². The van der Waals surface area contributed by atoms with Gasteiger partial charge in [-0.15, -0.1) is 0 Å². The van der Waals surface area contributed by atoms with Gasteiger partial charge >= 0.3 is 0 Å². The van der Waals surface area contributed by atoms with Crippen molar-refractivity contribution in [3.05, 3.63) is 91.9 Å². The second-order valence-corrected chi connectivity index (χ2v) is 7.88.